The number of rotatable bonds is 8. The van der Waals surface area contributed by atoms with Gasteiger partial charge in [0, 0.05) is 33.1 Å². The summed E-state index contributed by atoms with van der Waals surface area (Å²) in [5, 5.41) is 0. The van der Waals surface area contributed by atoms with Gasteiger partial charge in [-0.05, 0) is 41.7 Å². The summed E-state index contributed by atoms with van der Waals surface area (Å²) in [7, 11) is -1.67. The molecule has 0 aliphatic carbocycles. The topological polar surface area (TPSA) is 66.9 Å². The first kappa shape index (κ1) is 22.5. The van der Waals surface area contributed by atoms with Crippen molar-refractivity contribution in [2.45, 2.75) is 37.6 Å². The van der Waals surface area contributed by atoms with Crippen molar-refractivity contribution < 1.29 is 17.9 Å². The van der Waals surface area contributed by atoms with Gasteiger partial charge in [0.1, 0.15) is 0 Å². The van der Waals surface area contributed by atoms with E-state index in [0.717, 1.165) is 17.5 Å². The average molecular weight is 431 g/mol. The molecule has 3 rings (SSSR count). The zero-order chi connectivity index (χ0) is 21.6. The zero-order valence-electron chi connectivity index (χ0n) is 17.7. The minimum absolute atomic E-state index is 0.0691. The van der Waals surface area contributed by atoms with Crippen LogP contribution >= 0.6 is 0 Å². The highest BCUT2D eigenvalue weighted by Crippen LogP contribution is 2.18. The Morgan fingerprint density at radius 3 is 2.13 bits per heavy atom. The number of ether oxygens (including phenoxy) is 1. The molecule has 0 N–H and O–H groups in total. The molecule has 30 heavy (non-hydrogen) atoms. The van der Waals surface area contributed by atoms with E-state index in [1.165, 1.54) is 9.87 Å². The van der Waals surface area contributed by atoms with Gasteiger partial charge in [0.2, 0.25) is 15.9 Å². The molecule has 0 radical (unpaired) electrons. The first-order valence-corrected chi connectivity index (χ1v) is 11.8. The lowest BCUT2D eigenvalue weighted by atomic mass is 10.1. The molecule has 6 nitrogen and oxygen atoms in total. The van der Waals surface area contributed by atoms with E-state index in [4.69, 9.17) is 4.74 Å². The van der Waals surface area contributed by atoms with E-state index in [1.54, 1.807) is 29.2 Å². The molecule has 2 aromatic rings. The third-order valence-electron chi connectivity index (χ3n) is 5.44. The molecule has 0 bridgehead atoms. The number of aryl methyl sites for hydroxylation is 2. The average Bonchev–Trinajstić information content (AvgIpc) is 2.78. The quantitative estimate of drug-likeness (QED) is 0.646. The Morgan fingerprint density at radius 1 is 0.967 bits per heavy atom. The van der Waals surface area contributed by atoms with Gasteiger partial charge in [-0.3, -0.25) is 4.79 Å². The van der Waals surface area contributed by atoms with Gasteiger partial charge in [-0.15, -0.1) is 0 Å². The number of morpholine rings is 1. The van der Waals surface area contributed by atoms with Crippen molar-refractivity contribution in [3.63, 3.8) is 0 Å². The van der Waals surface area contributed by atoms with Crippen LogP contribution in [0.15, 0.2) is 53.4 Å². The van der Waals surface area contributed by atoms with Crippen LogP contribution in [0.25, 0.3) is 0 Å². The number of hydrogen-bond acceptors (Lipinski definition) is 4. The van der Waals surface area contributed by atoms with Crippen LogP contribution in [0.4, 0.5) is 0 Å². The van der Waals surface area contributed by atoms with Crippen LogP contribution in [-0.4, -0.2) is 56.9 Å². The van der Waals surface area contributed by atoms with Crippen molar-refractivity contribution in [3.05, 3.63) is 65.2 Å². The second kappa shape index (κ2) is 10.2. The molecular weight excluding hydrogens is 400 g/mol. The van der Waals surface area contributed by atoms with Crippen molar-refractivity contribution in [2.75, 3.05) is 33.4 Å². The monoisotopic (exact) mass is 430 g/mol. The lowest BCUT2D eigenvalue weighted by molar-refractivity contribution is -0.130. The Bertz CT molecular complexity index is 934. The Labute approximate surface area is 179 Å². The number of carbonyl (C=O) groups excluding carboxylic acids is 1. The Kier molecular flexibility index (Phi) is 7.64. The Balaban J connectivity index is 1.53. The van der Waals surface area contributed by atoms with Gasteiger partial charge in [-0.1, -0.05) is 43.3 Å². The highest BCUT2D eigenvalue weighted by molar-refractivity contribution is 7.89. The number of sulfonamides is 1. The maximum atomic E-state index is 12.7. The normalized spacial score (nSPS) is 15.1. The van der Waals surface area contributed by atoms with Crippen LogP contribution in [0.3, 0.4) is 0 Å². The summed E-state index contributed by atoms with van der Waals surface area (Å²) in [6.45, 7) is 4.32. The summed E-state index contributed by atoms with van der Waals surface area (Å²) in [6.07, 6.45) is 1.97. The fourth-order valence-electron chi connectivity index (χ4n) is 3.45. The number of carbonyl (C=O) groups is 1. The third-order valence-corrected chi connectivity index (χ3v) is 7.35. The smallest absolute Gasteiger partial charge is 0.243 e. The van der Waals surface area contributed by atoms with Gasteiger partial charge in [0.05, 0.1) is 18.1 Å². The molecule has 1 fully saturated rings. The fraction of sp³-hybridized carbons (Fsp3) is 0.435. The first-order valence-electron chi connectivity index (χ1n) is 10.4. The summed E-state index contributed by atoms with van der Waals surface area (Å²) in [5.41, 5.74) is 3.34. The van der Waals surface area contributed by atoms with Gasteiger partial charge in [-0.2, -0.15) is 4.31 Å². The van der Waals surface area contributed by atoms with Gasteiger partial charge in [0.25, 0.3) is 0 Å². The van der Waals surface area contributed by atoms with E-state index in [2.05, 4.69) is 31.2 Å². The van der Waals surface area contributed by atoms with Gasteiger partial charge in [-0.25, -0.2) is 8.42 Å². The molecule has 162 valence electrons. The Morgan fingerprint density at radius 2 is 1.53 bits per heavy atom. The van der Waals surface area contributed by atoms with Crippen LogP contribution in [0.1, 0.15) is 30.0 Å². The number of nitrogens with zero attached hydrogens (tertiary/aromatic N) is 2. The SMILES string of the molecule is CCc1ccc(CN(C)C(=O)CCc2ccc(S(=O)(=O)N3CCOCC3)cc2)cc1. The summed E-state index contributed by atoms with van der Waals surface area (Å²) in [5.74, 6) is 0.0691. The highest BCUT2D eigenvalue weighted by Gasteiger charge is 2.26. The predicted molar refractivity (Wildman–Crippen MR) is 117 cm³/mol. The van der Waals surface area contributed by atoms with Gasteiger partial charge >= 0.3 is 0 Å². The molecule has 2 aromatic carbocycles. The lowest BCUT2D eigenvalue weighted by Crippen LogP contribution is -2.40. The highest BCUT2D eigenvalue weighted by atomic mass is 32.2. The molecular formula is C23H30N2O4S. The maximum Gasteiger partial charge on any atom is 0.243 e. The Hall–Kier alpha value is -2.22. The van der Waals surface area contributed by atoms with Gasteiger partial charge < -0.3 is 9.64 Å². The summed E-state index contributed by atoms with van der Waals surface area (Å²) >= 11 is 0. The largest absolute Gasteiger partial charge is 0.379 e. The molecule has 1 saturated heterocycles. The van der Waals surface area contributed by atoms with Crippen molar-refractivity contribution in [1.29, 1.82) is 0 Å². The maximum absolute atomic E-state index is 12.7. The molecule has 1 aliphatic rings. The minimum Gasteiger partial charge on any atom is -0.379 e. The van der Waals surface area contributed by atoms with Crippen LogP contribution in [0.2, 0.25) is 0 Å². The van der Waals surface area contributed by atoms with E-state index in [0.29, 0.717) is 45.7 Å². The number of benzene rings is 2. The standard InChI is InChI=1S/C23H30N2O4S/c1-3-19-4-6-21(7-5-19)18-24(2)23(26)13-10-20-8-11-22(12-9-20)30(27,28)25-14-16-29-17-15-25/h4-9,11-12H,3,10,13-18H2,1-2H3. The number of amides is 1. The molecule has 7 heteroatoms. The minimum atomic E-state index is -3.49. The molecule has 1 amide bonds. The summed E-state index contributed by atoms with van der Waals surface area (Å²) in [6, 6.07) is 15.2. The van der Waals surface area contributed by atoms with E-state index in [-0.39, 0.29) is 10.8 Å². The van der Waals surface area contributed by atoms with Gasteiger partial charge in [0.15, 0.2) is 0 Å². The second-order valence-corrected chi connectivity index (χ2v) is 9.52. The molecule has 0 unspecified atom stereocenters. The lowest BCUT2D eigenvalue weighted by Gasteiger charge is -2.26. The van der Waals surface area contributed by atoms with E-state index in [9.17, 15) is 13.2 Å². The van der Waals surface area contributed by atoms with Crippen molar-refractivity contribution >= 4 is 15.9 Å². The third kappa shape index (κ3) is 5.68. The van der Waals surface area contributed by atoms with Crippen LogP contribution in [0.5, 0.6) is 0 Å². The van der Waals surface area contributed by atoms with E-state index < -0.39 is 10.0 Å². The molecule has 1 heterocycles. The molecule has 0 atom stereocenters. The van der Waals surface area contributed by atoms with Crippen molar-refractivity contribution in [3.8, 4) is 0 Å². The van der Waals surface area contributed by atoms with E-state index in [1.807, 2.05) is 7.05 Å². The number of hydrogen-bond donors (Lipinski definition) is 0. The fourth-order valence-corrected chi connectivity index (χ4v) is 4.86. The van der Waals surface area contributed by atoms with Crippen LogP contribution in [-0.2, 0) is 38.9 Å². The van der Waals surface area contributed by atoms with Crippen LogP contribution < -0.4 is 0 Å². The molecule has 1 aliphatic heterocycles. The zero-order valence-corrected chi connectivity index (χ0v) is 18.5. The molecule has 0 spiro atoms. The first-order chi connectivity index (χ1) is 14.4. The second-order valence-electron chi connectivity index (χ2n) is 7.58. The van der Waals surface area contributed by atoms with Crippen LogP contribution in [0, 0.1) is 0 Å². The summed E-state index contributed by atoms with van der Waals surface area (Å²) < 4.78 is 32.0. The van der Waals surface area contributed by atoms with E-state index >= 15 is 0 Å². The summed E-state index contributed by atoms with van der Waals surface area (Å²) in [4.78, 5) is 14.5. The predicted octanol–water partition coefficient (Wildman–Crippen LogP) is 2.86. The molecule has 0 saturated carbocycles. The van der Waals surface area contributed by atoms with Crippen molar-refractivity contribution in [1.82, 2.24) is 9.21 Å². The van der Waals surface area contributed by atoms with Crippen molar-refractivity contribution in [2.24, 2.45) is 0 Å². The molecule has 0 aromatic heterocycles.